The Hall–Kier alpha value is -2.24. The summed E-state index contributed by atoms with van der Waals surface area (Å²) in [5.74, 6) is 1.10. The van der Waals surface area contributed by atoms with Crippen LogP contribution in [0.2, 0.25) is 5.02 Å². The molecule has 4 rings (SSSR count). The van der Waals surface area contributed by atoms with E-state index < -0.39 is 0 Å². The van der Waals surface area contributed by atoms with Gasteiger partial charge < -0.3 is 14.5 Å². The molecular formula is C23H28ClN3O2. The number of fused-ring (bicyclic) bond motifs is 1. The predicted octanol–water partition coefficient (Wildman–Crippen LogP) is 3.84. The lowest BCUT2D eigenvalue weighted by Gasteiger charge is -2.36. The number of rotatable bonds is 6. The zero-order valence-electron chi connectivity index (χ0n) is 16.9. The van der Waals surface area contributed by atoms with Crippen LogP contribution >= 0.6 is 11.6 Å². The molecule has 2 aliphatic rings. The second-order valence-electron chi connectivity index (χ2n) is 7.71. The molecule has 29 heavy (non-hydrogen) atoms. The Kier molecular flexibility index (Phi) is 6.26. The third-order valence-corrected chi connectivity index (χ3v) is 6.12. The third-order valence-electron chi connectivity index (χ3n) is 5.87. The Morgan fingerprint density at radius 1 is 1.00 bits per heavy atom. The molecule has 0 bridgehead atoms. The molecule has 0 N–H and O–H groups in total. The predicted molar refractivity (Wildman–Crippen MR) is 118 cm³/mol. The average molecular weight is 414 g/mol. The van der Waals surface area contributed by atoms with E-state index in [9.17, 15) is 4.79 Å². The largest absolute Gasteiger partial charge is 0.493 e. The Balaban J connectivity index is 1.22. The topological polar surface area (TPSA) is 36.0 Å². The molecule has 6 heteroatoms. The maximum atomic E-state index is 11.9. The first-order chi connectivity index (χ1) is 14.1. The number of hydrogen-bond acceptors (Lipinski definition) is 4. The van der Waals surface area contributed by atoms with Crippen LogP contribution < -0.4 is 14.5 Å². The summed E-state index contributed by atoms with van der Waals surface area (Å²) in [6, 6.07) is 14.1. The van der Waals surface area contributed by atoms with Crippen LogP contribution in [-0.2, 0) is 11.2 Å². The number of piperazine rings is 1. The van der Waals surface area contributed by atoms with Gasteiger partial charge in [-0.2, -0.15) is 0 Å². The van der Waals surface area contributed by atoms with E-state index >= 15 is 0 Å². The Morgan fingerprint density at radius 2 is 1.76 bits per heavy atom. The molecule has 0 unspecified atom stereocenters. The summed E-state index contributed by atoms with van der Waals surface area (Å²) >= 11 is 5.99. The number of nitrogens with zero attached hydrogens (tertiary/aromatic N) is 3. The molecule has 2 heterocycles. The SMILES string of the molecule is CN1C(=O)CCc2c(OCCCN3CCN(c4ccc(Cl)cc4)CC3)cccc21. The highest BCUT2D eigenvalue weighted by Crippen LogP contribution is 2.34. The summed E-state index contributed by atoms with van der Waals surface area (Å²) in [6.07, 6.45) is 2.32. The Bertz CT molecular complexity index is 848. The van der Waals surface area contributed by atoms with Gasteiger partial charge in [-0.05, 0) is 49.2 Å². The van der Waals surface area contributed by atoms with Crippen LogP contribution in [0.4, 0.5) is 11.4 Å². The van der Waals surface area contributed by atoms with Crippen molar-refractivity contribution in [1.29, 1.82) is 0 Å². The van der Waals surface area contributed by atoms with Gasteiger partial charge in [0, 0.05) is 62.5 Å². The van der Waals surface area contributed by atoms with Gasteiger partial charge in [0.2, 0.25) is 5.91 Å². The molecule has 154 valence electrons. The highest BCUT2D eigenvalue weighted by molar-refractivity contribution is 6.30. The molecule has 0 aromatic heterocycles. The second kappa shape index (κ2) is 9.06. The summed E-state index contributed by atoms with van der Waals surface area (Å²) in [4.78, 5) is 18.6. The number of hydrogen-bond donors (Lipinski definition) is 0. The first-order valence-corrected chi connectivity index (χ1v) is 10.7. The maximum absolute atomic E-state index is 11.9. The highest BCUT2D eigenvalue weighted by atomic mass is 35.5. The van der Waals surface area contributed by atoms with Gasteiger partial charge in [-0.15, -0.1) is 0 Å². The molecule has 5 nitrogen and oxygen atoms in total. The molecule has 1 amide bonds. The van der Waals surface area contributed by atoms with Crippen molar-refractivity contribution in [2.75, 3.05) is 56.2 Å². The lowest BCUT2D eigenvalue weighted by molar-refractivity contribution is -0.118. The van der Waals surface area contributed by atoms with Crippen LogP contribution in [0.15, 0.2) is 42.5 Å². The van der Waals surface area contributed by atoms with Gasteiger partial charge in [-0.3, -0.25) is 9.69 Å². The number of ether oxygens (including phenoxy) is 1. The van der Waals surface area contributed by atoms with Gasteiger partial charge in [0.05, 0.1) is 12.3 Å². The molecule has 0 aliphatic carbocycles. The van der Waals surface area contributed by atoms with Crippen LogP contribution in [0, 0.1) is 0 Å². The fourth-order valence-electron chi connectivity index (χ4n) is 4.14. The van der Waals surface area contributed by atoms with E-state index in [0.29, 0.717) is 13.0 Å². The number of carbonyl (C=O) groups is 1. The minimum atomic E-state index is 0.174. The molecule has 0 saturated carbocycles. The summed E-state index contributed by atoms with van der Waals surface area (Å²) in [6.45, 7) is 5.95. The summed E-state index contributed by atoms with van der Waals surface area (Å²) in [5, 5.41) is 0.783. The van der Waals surface area contributed by atoms with Gasteiger partial charge >= 0.3 is 0 Å². The van der Waals surface area contributed by atoms with Crippen molar-refractivity contribution in [3.8, 4) is 5.75 Å². The lowest BCUT2D eigenvalue weighted by Crippen LogP contribution is -2.46. The zero-order chi connectivity index (χ0) is 20.2. The Labute approximate surface area is 177 Å². The number of amides is 1. The van der Waals surface area contributed by atoms with Crippen molar-refractivity contribution >= 4 is 28.9 Å². The highest BCUT2D eigenvalue weighted by Gasteiger charge is 2.23. The monoisotopic (exact) mass is 413 g/mol. The van der Waals surface area contributed by atoms with Gasteiger partial charge in [-0.1, -0.05) is 17.7 Å². The van der Waals surface area contributed by atoms with E-state index in [1.165, 1.54) is 5.69 Å². The summed E-state index contributed by atoms with van der Waals surface area (Å²) in [7, 11) is 1.84. The first-order valence-electron chi connectivity index (χ1n) is 10.4. The van der Waals surface area contributed by atoms with Crippen LogP contribution in [-0.4, -0.2) is 57.2 Å². The molecular weight excluding hydrogens is 386 g/mol. The minimum Gasteiger partial charge on any atom is -0.493 e. The molecule has 0 radical (unpaired) electrons. The van der Waals surface area contributed by atoms with Crippen molar-refractivity contribution in [3.05, 3.63) is 53.1 Å². The summed E-state index contributed by atoms with van der Waals surface area (Å²) < 4.78 is 6.09. The summed E-state index contributed by atoms with van der Waals surface area (Å²) in [5.41, 5.74) is 3.39. The second-order valence-corrected chi connectivity index (χ2v) is 8.15. The van der Waals surface area contributed by atoms with E-state index in [2.05, 4.69) is 21.9 Å². The quantitative estimate of drug-likeness (QED) is 0.674. The molecule has 2 aromatic rings. The fraction of sp³-hybridized carbons (Fsp3) is 0.435. The van der Waals surface area contributed by atoms with Gasteiger partial charge in [-0.25, -0.2) is 0 Å². The normalized spacial score (nSPS) is 17.4. The molecule has 1 fully saturated rings. The van der Waals surface area contributed by atoms with E-state index in [1.807, 2.05) is 37.4 Å². The van der Waals surface area contributed by atoms with E-state index in [4.69, 9.17) is 16.3 Å². The van der Waals surface area contributed by atoms with Gasteiger partial charge in [0.15, 0.2) is 0 Å². The van der Waals surface area contributed by atoms with Crippen LogP contribution in [0.1, 0.15) is 18.4 Å². The Morgan fingerprint density at radius 3 is 2.52 bits per heavy atom. The van der Waals surface area contributed by atoms with E-state index in [-0.39, 0.29) is 5.91 Å². The minimum absolute atomic E-state index is 0.174. The molecule has 2 aromatic carbocycles. The fourth-order valence-corrected chi connectivity index (χ4v) is 4.27. The smallest absolute Gasteiger partial charge is 0.227 e. The molecule has 0 atom stereocenters. The number of carbonyl (C=O) groups excluding carboxylic acids is 1. The van der Waals surface area contributed by atoms with E-state index in [0.717, 1.165) is 67.6 Å². The first kappa shape index (κ1) is 20.0. The number of benzene rings is 2. The third kappa shape index (κ3) is 4.68. The lowest BCUT2D eigenvalue weighted by atomic mass is 10.0. The van der Waals surface area contributed by atoms with E-state index in [1.54, 1.807) is 4.90 Å². The zero-order valence-corrected chi connectivity index (χ0v) is 17.7. The maximum Gasteiger partial charge on any atom is 0.227 e. The van der Waals surface area contributed by atoms with Gasteiger partial charge in [0.25, 0.3) is 0 Å². The van der Waals surface area contributed by atoms with Crippen LogP contribution in [0.25, 0.3) is 0 Å². The van der Waals surface area contributed by atoms with Crippen molar-refractivity contribution in [2.45, 2.75) is 19.3 Å². The van der Waals surface area contributed by atoms with Crippen LogP contribution in [0.5, 0.6) is 5.75 Å². The van der Waals surface area contributed by atoms with Crippen molar-refractivity contribution in [3.63, 3.8) is 0 Å². The standard InChI is InChI=1S/C23H28ClN3O2/c1-25-21-4-2-5-22(20(21)10-11-23(25)28)29-17-3-12-26-13-15-27(16-14-26)19-8-6-18(24)7-9-19/h2,4-9H,3,10-17H2,1H3. The van der Waals surface area contributed by atoms with Crippen molar-refractivity contribution in [2.24, 2.45) is 0 Å². The molecule has 2 aliphatic heterocycles. The molecule has 1 saturated heterocycles. The average Bonchev–Trinajstić information content (AvgIpc) is 2.75. The van der Waals surface area contributed by atoms with Crippen molar-refractivity contribution in [1.82, 2.24) is 4.90 Å². The molecule has 0 spiro atoms. The number of anilines is 2. The van der Waals surface area contributed by atoms with Crippen molar-refractivity contribution < 1.29 is 9.53 Å². The van der Waals surface area contributed by atoms with Gasteiger partial charge in [0.1, 0.15) is 5.75 Å². The number of halogens is 1. The van der Waals surface area contributed by atoms with Crippen LogP contribution in [0.3, 0.4) is 0 Å².